The molecule has 0 saturated heterocycles. The number of aryl methyl sites for hydroxylation is 1. The molecule has 1 aromatic carbocycles. The molecule has 0 bridgehead atoms. The van der Waals surface area contributed by atoms with E-state index < -0.39 is 0 Å². The summed E-state index contributed by atoms with van der Waals surface area (Å²) in [5.74, 6) is 2.45. The van der Waals surface area contributed by atoms with Gasteiger partial charge < -0.3 is 0 Å². The van der Waals surface area contributed by atoms with Gasteiger partial charge in [0.2, 0.25) is 0 Å². The first-order valence-corrected chi connectivity index (χ1v) is 9.21. The molecular formula is C21H28N2. The second-order valence-electron chi connectivity index (χ2n) is 6.91. The Morgan fingerprint density at radius 3 is 2.13 bits per heavy atom. The first-order chi connectivity index (χ1) is 11.3. The number of hydrogen-bond donors (Lipinski definition) is 0. The van der Waals surface area contributed by atoms with Crippen LogP contribution in [0.4, 0.5) is 0 Å². The van der Waals surface area contributed by atoms with Crippen LogP contribution >= 0.6 is 0 Å². The fraction of sp³-hybridized carbons (Fsp3) is 0.524. The lowest BCUT2D eigenvalue weighted by atomic mass is 9.78. The molecule has 2 nitrogen and oxygen atoms in total. The van der Waals surface area contributed by atoms with Crippen molar-refractivity contribution in [1.29, 1.82) is 0 Å². The van der Waals surface area contributed by atoms with Crippen LogP contribution in [-0.4, -0.2) is 9.97 Å². The van der Waals surface area contributed by atoms with Crippen molar-refractivity contribution in [2.45, 2.75) is 64.7 Å². The minimum atomic E-state index is 0.666. The van der Waals surface area contributed by atoms with Gasteiger partial charge in [-0.05, 0) is 55.1 Å². The van der Waals surface area contributed by atoms with Crippen LogP contribution in [0.2, 0.25) is 0 Å². The maximum absolute atomic E-state index is 4.63. The second-order valence-corrected chi connectivity index (χ2v) is 6.91. The van der Waals surface area contributed by atoms with E-state index in [4.69, 9.17) is 0 Å². The molecule has 0 unspecified atom stereocenters. The van der Waals surface area contributed by atoms with Crippen molar-refractivity contribution in [2.24, 2.45) is 5.92 Å². The Morgan fingerprint density at radius 2 is 1.57 bits per heavy atom. The van der Waals surface area contributed by atoms with Gasteiger partial charge in [0.25, 0.3) is 0 Å². The maximum Gasteiger partial charge on any atom is 0.159 e. The van der Waals surface area contributed by atoms with Gasteiger partial charge >= 0.3 is 0 Å². The van der Waals surface area contributed by atoms with Crippen LogP contribution in [0.3, 0.4) is 0 Å². The second kappa shape index (κ2) is 7.72. The summed E-state index contributed by atoms with van der Waals surface area (Å²) in [5, 5.41) is 0. The molecule has 0 atom stereocenters. The third kappa shape index (κ3) is 3.99. The monoisotopic (exact) mass is 308 g/mol. The van der Waals surface area contributed by atoms with Gasteiger partial charge in [-0.1, -0.05) is 51.0 Å². The molecule has 23 heavy (non-hydrogen) atoms. The van der Waals surface area contributed by atoms with Crippen molar-refractivity contribution in [2.75, 3.05) is 0 Å². The number of aromatic nitrogens is 2. The molecule has 1 fully saturated rings. The Balaban J connectivity index is 1.67. The van der Waals surface area contributed by atoms with Crippen LogP contribution < -0.4 is 0 Å². The van der Waals surface area contributed by atoms with Gasteiger partial charge in [-0.25, -0.2) is 9.97 Å². The summed E-state index contributed by atoms with van der Waals surface area (Å²) in [6.07, 6.45) is 13.1. The molecule has 1 aromatic heterocycles. The Kier molecular flexibility index (Phi) is 5.43. The molecule has 2 aromatic rings. The van der Waals surface area contributed by atoms with Gasteiger partial charge in [-0.2, -0.15) is 0 Å². The minimum absolute atomic E-state index is 0.666. The zero-order valence-corrected chi connectivity index (χ0v) is 14.5. The highest BCUT2D eigenvalue weighted by Gasteiger charge is 2.21. The molecule has 1 heterocycles. The van der Waals surface area contributed by atoms with E-state index in [2.05, 4.69) is 60.5 Å². The largest absolute Gasteiger partial charge is 0.236 e. The van der Waals surface area contributed by atoms with Gasteiger partial charge in [-0.3, -0.25) is 0 Å². The van der Waals surface area contributed by atoms with Crippen molar-refractivity contribution in [3.05, 3.63) is 47.8 Å². The molecule has 0 aliphatic heterocycles. The van der Waals surface area contributed by atoms with Gasteiger partial charge in [0, 0.05) is 18.0 Å². The predicted molar refractivity (Wildman–Crippen MR) is 96.5 cm³/mol. The van der Waals surface area contributed by atoms with Crippen LogP contribution in [-0.2, 0) is 6.42 Å². The van der Waals surface area contributed by atoms with E-state index in [0.29, 0.717) is 5.92 Å². The average molecular weight is 308 g/mol. The molecule has 2 heteroatoms. The van der Waals surface area contributed by atoms with Crippen LogP contribution in [0.5, 0.6) is 0 Å². The van der Waals surface area contributed by atoms with E-state index in [1.54, 1.807) is 0 Å². The van der Waals surface area contributed by atoms with E-state index in [-0.39, 0.29) is 0 Å². The SMILES string of the molecule is CCCc1ccc(-c2ncc(C3CCC(CC)CC3)cn2)cc1. The van der Waals surface area contributed by atoms with Crippen molar-refractivity contribution < 1.29 is 0 Å². The zero-order valence-electron chi connectivity index (χ0n) is 14.5. The third-order valence-electron chi connectivity index (χ3n) is 5.32. The number of rotatable bonds is 5. The highest BCUT2D eigenvalue weighted by Crippen LogP contribution is 2.36. The Bertz CT molecular complexity index is 593. The third-order valence-corrected chi connectivity index (χ3v) is 5.32. The lowest BCUT2D eigenvalue weighted by molar-refractivity contribution is 0.318. The summed E-state index contributed by atoms with van der Waals surface area (Å²) in [4.78, 5) is 9.26. The van der Waals surface area contributed by atoms with Gasteiger partial charge in [-0.15, -0.1) is 0 Å². The summed E-state index contributed by atoms with van der Waals surface area (Å²) in [7, 11) is 0. The van der Waals surface area contributed by atoms with Gasteiger partial charge in [0.15, 0.2) is 5.82 Å². The first kappa shape index (κ1) is 16.2. The van der Waals surface area contributed by atoms with Gasteiger partial charge in [0.05, 0.1) is 0 Å². The van der Waals surface area contributed by atoms with E-state index in [9.17, 15) is 0 Å². The smallest absolute Gasteiger partial charge is 0.159 e. The lowest BCUT2D eigenvalue weighted by Crippen LogP contribution is -2.13. The standard InChI is InChI=1S/C21H28N2/c1-3-5-17-8-12-19(13-9-17)21-22-14-20(15-23-21)18-10-6-16(4-2)7-11-18/h8-9,12-16,18H,3-7,10-11H2,1-2H3. The summed E-state index contributed by atoms with van der Waals surface area (Å²) in [6.45, 7) is 4.53. The Hall–Kier alpha value is -1.70. The maximum atomic E-state index is 4.63. The zero-order chi connectivity index (χ0) is 16.1. The highest BCUT2D eigenvalue weighted by atomic mass is 14.9. The molecule has 0 amide bonds. The van der Waals surface area contributed by atoms with E-state index in [1.165, 1.54) is 49.7 Å². The number of hydrogen-bond acceptors (Lipinski definition) is 2. The predicted octanol–water partition coefficient (Wildman–Crippen LogP) is 5.78. The number of nitrogens with zero attached hydrogens (tertiary/aromatic N) is 2. The summed E-state index contributed by atoms with van der Waals surface area (Å²) in [6, 6.07) is 8.68. The van der Waals surface area contributed by atoms with E-state index >= 15 is 0 Å². The quantitative estimate of drug-likeness (QED) is 0.699. The minimum Gasteiger partial charge on any atom is -0.236 e. The summed E-state index contributed by atoms with van der Waals surface area (Å²) in [5.41, 5.74) is 3.83. The van der Waals surface area contributed by atoms with Crippen LogP contribution in [0.15, 0.2) is 36.7 Å². The fourth-order valence-electron chi connectivity index (χ4n) is 3.71. The molecular weight excluding hydrogens is 280 g/mol. The molecule has 0 radical (unpaired) electrons. The lowest BCUT2D eigenvalue weighted by Gasteiger charge is -2.27. The highest BCUT2D eigenvalue weighted by molar-refractivity contribution is 5.55. The van der Waals surface area contributed by atoms with Crippen LogP contribution in [0.25, 0.3) is 11.4 Å². The normalized spacial score (nSPS) is 21.3. The molecule has 1 aliphatic rings. The molecule has 3 rings (SSSR count). The van der Waals surface area contributed by atoms with Crippen molar-refractivity contribution in [3.8, 4) is 11.4 Å². The summed E-state index contributed by atoms with van der Waals surface area (Å²) >= 11 is 0. The Morgan fingerprint density at radius 1 is 0.913 bits per heavy atom. The molecule has 1 aliphatic carbocycles. The van der Waals surface area contributed by atoms with Crippen LogP contribution in [0, 0.1) is 5.92 Å². The van der Waals surface area contributed by atoms with Crippen LogP contribution in [0.1, 0.15) is 69.4 Å². The molecule has 122 valence electrons. The summed E-state index contributed by atoms with van der Waals surface area (Å²) < 4.78 is 0. The molecule has 0 spiro atoms. The van der Waals surface area contributed by atoms with Gasteiger partial charge in [0.1, 0.15) is 0 Å². The van der Waals surface area contributed by atoms with E-state index in [1.807, 2.05) is 0 Å². The van der Waals surface area contributed by atoms with Crippen molar-refractivity contribution >= 4 is 0 Å². The first-order valence-electron chi connectivity index (χ1n) is 9.21. The Labute approximate surface area is 140 Å². The topological polar surface area (TPSA) is 25.8 Å². The molecule has 1 saturated carbocycles. The van der Waals surface area contributed by atoms with E-state index in [0.717, 1.165) is 23.7 Å². The molecule has 0 N–H and O–H groups in total. The van der Waals surface area contributed by atoms with Crippen molar-refractivity contribution in [1.82, 2.24) is 9.97 Å². The fourth-order valence-corrected chi connectivity index (χ4v) is 3.71. The average Bonchev–Trinajstić information content (AvgIpc) is 2.63. The number of benzene rings is 1. The van der Waals surface area contributed by atoms with Crippen molar-refractivity contribution in [3.63, 3.8) is 0 Å².